The fourth-order valence-electron chi connectivity index (χ4n) is 16.6. The monoisotopic (exact) mass is 2080 g/mol. The van der Waals surface area contributed by atoms with Gasteiger partial charge in [-0.2, -0.15) is 0 Å². The van der Waals surface area contributed by atoms with Gasteiger partial charge in [-0.3, -0.25) is 101 Å². The summed E-state index contributed by atoms with van der Waals surface area (Å²) >= 11 is 0. The van der Waals surface area contributed by atoms with Gasteiger partial charge in [0.15, 0.2) is 5.96 Å². The zero-order chi connectivity index (χ0) is 108. The Balaban J connectivity index is 1.13. The van der Waals surface area contributed by atoms with Crippen LogP contribution in [0, 0.1) is 5.41 Å². The van der Waals surface area contributed by atoms with Crippen molar-refractivity contribution in [3.8, 4) is 0 Å². The minimum atomic E-state index is -2.04. The second-order valence-electron chi connectivity index (χ2n) is 36.6. The number of amides is 17. The molecule has 0 saturated carbocycles. The lowest BCUT2D eigenvalue weighted by atomic mass is 10.0. The van der Waals surface area contributed by atoms with Crippen molar-refractivity contribution in [1.82, 2.24) is 115 Å². The van der Waals surface area contributed by atoms with Gasteiger partial charge in [-0.05, 0) is 111 Å². The number of aromatic amines is 2. The maximum atomic E-state index is 15.5. The highest BCUT2D eigenvalue weighted by atomic mass is 16.5. The molecule has 820 valence electrons. The number of para-hydroxylation sites is 1. The molecule has 12 atom stereocenters. The van der Waals surface area contributed by atoms with Crippen LogP contribution in [0.5, 0.6) is 0 Å². The predicted molar refractivity (Wildman–Crippen MR) is 533 cm³/mol. The van der Waals surface area contributed by atoms with Gasteiger partial charge in [0.2, 0.25) is 100 Å². The first-order valence-corrected chi connectivity index (χ1v) is 50.6. The number of nitrogens with two attached hydrogens (primary N) is 3. The molecule has 6 rings (SSSR count). The first-order valence-electron chi connectivity index (χ1n) is 50.6. The first-order chi connectivity index (χ1) is 71.0. The summed E-state index contributed by atoms with van der Waals surface area (Å²) in [5.41, 5.74) is 18.7. The van der Waals surface area contributed by atoms with Gasteiger partial charge in [0, 0.05) is 94.8 Å². The second kappa shape index (κ2) is 69.2. The molecule has 2 aromatic heterocycles. The molecule has 4 aromatic rings. The number of tetrazole rings is 1. The van der Waals surface area contributed by atoms with Crippen LogP contribution in [-0.4, -0.2) is 350 Å². The van der Waals surface area contributed by atoms with Gasteiger partial charge >= 0.3 is 11.9 Å². The molecule has 2 aliphatic heterocycles. The SMILES string of the molecule is CCCC[C@H](NC(=O)[C@H](CCCCNC(=O)CN(CC(=O)O)CC(=O)O)NC(=O)[C@H](CO)NC(=O)[C@H](CCC(N)=O)NC(=O)[C@H](CO)NC(=O)CNC(=O)COCCOCCNC(=O)CCCCCCCCCCCCCCCc1nnn[nH]1)C(=O)N[C@H]1CCC(=O)NCCCC[C@@H](C(N)=O)NC(=O)[C@H](Cc2c[nH]c3ccccc23)NC(=O)[C@H](CCCNC(=N)N)NC(=O)[C@@H](Cc2ccccc2)NC(=O)[C@@H]2C[C@@H](O)CN2C1=O. The molecule has 2 aliphatic rings. The summed E-state index contributed by atoms with van der Waals surface area (Å²) in [6.07, 6.45) is 12.9. The fraction of sp³-hybridized carbons (Fsp3) is 0.635. The van der Waals surface area contributed by atoms with Crippen molar-refractivity contribution in [3.05, 3.63) is 77.7 Å². The molecule has 2 saturated heterocycles. The van der Waals surface area contributed by atoms with E-state index in [2.05, 4.69) is 105 Å². The number of nitrogens with zero attached hydrogens (tertiary/aromatic N) is 5. The third-order valence-corrected chi connectivity index (χ3v) is 24.5. The van der Waals surface area contributed by atoms with Crippen molar-refractivity contribution in [2.24, 2.45) is 17.2 Å². The molecule has 2 aromatic carbocycles. The van der Waals surface area contributed by atoms with Crippen LogP contribution in [0.4, 0.5) is 0 Å². The Bertz CT molecular complexity index is 4910. The Kier molecular flexibility index (Phi) is 57.4. The van der Waals surface area contributed by atoms with Crippen molar-refractivity contribution in [2.45, 2.75) is 291 Å². The predicted octanol–water partition coefficient (Wildman–Crippen LogP) is -4.73. The second-order valence-corrected chi connectivity index (χ2v) is 36.6. The van der Waals surface area contributed by atoms with Crippen molar-refractivity contribution >= 4 is 129 Å². The molecular weight excluding hydrogens is 1930 g/mol. The fourth-order valence-corrected chi connectivity index (χ4v) is 16.6. The number of hydrogen-bond acceptors (Lipinski definition) is 29. The number of aryl methyl sites for hydroxylation is 1. The molecule has 4 heterocycles. The molecule has 148 heavy (non-hydrogen) atoms. The Hall–Kier alpha value is -14.0. The quantitative estimate of drug-likeness (QED) is 0.0112. The van der Waals surface area contributed by atoms with Crippen molar-refractivity contribution < 1.29 is 126 Å². The lowest BCUT2D eigenvalue weighted by Gasteiger charge is -2.31. The highest BCUT2D eigenvalue weighted by molar-refractivity contribution is 6.01. The number of aliphatic carboxylic acids is 2. The van der Waals surface area contributed by atoms with E-state index < -0.39 is 276 Å². The smallest absolute Gasteiger partial charge is 0.317 e. The van der Waals surface area contributed by atoms with Crippen LogP contribution in [0.15, 0.2) is 60.8 Å². The van der Waals surface area contributed by atoms with E-state index in [1.54, 1.807) is 67.7 Å². The molecule has 0 radical (unpaired) electrons. The van der Waals surface area contributed by atoms with Crippen LogP contribution < -0.4 is 97.0 Å². The van der Waals surface area contributed by atoms with Crippen LogP contribution in [-0.2, 0) is 120 Å². The average Bonchev–Trinajstić information content (AvgIpc) is 1.66. The van der Waals surface area contributed by atoms with E-state index in [0.717, 1.165) is 54.1 Å². The van der Waals surface area contributed by atoms with E-state index in [-0.39, 0.29) is 123 Å². The lowest BCUT2D eigenvalue weighted by Crippen LogP contribution is -2.61. The molecule has 0 bridgehead atoms. The standard InChI is InChI=1S/C96H150N26O26/c1-2-3-30-66(87(138)113-70-38-40-79(128)101-41-24-22-32-65(85(98)136)108-91(142)72(49-61-51-105-64-31-21-20-29-63(61)64)114-88(139)68(34-26-43-104-96(99)100)110-90(141)71(48-60-27-16-15-17-28-60)115-94(145)75-50-62(125)53-122(75)95(70)146)109-86(137)67(33-23-25-42-102-81(130)54-121(55-83(132)133)56-84(134)135)111-93(144)74(58-124)116-89(140)69(37-39-76(97)126)112-92(143)73(57-123)107-80(129)52-106-82(131)59-148-47-46-147-45-44-103-78(127)36-19-14-12-10-8-6-4-5-7-9-11-13-18-35-77-117-119-120-118-77/h15-17,20-21,27-29,31,51,62,65-75,105,123-125H,2-14,18-19,22-26,30,32-50,52-59H2,1H3,(H2,97,126)(H2,98,136)(H,101,128)(H,102,130)(H,103,127)(H,106,131)(H,107,129)(H,108,142)(H,109,137)(H,110,141)(H,111,144)(H,112,143)(H,113,138)(H,114,139)(H,115,145)(H,116,140)(H,132,133)(H,134,135)(H4,99,100,104)(H,117,118,119,120)/t62-,65+,66+,67+,68+,69+,70+,71-,72+,73+,74+,75+/m1/s1. The summed E-state index contributed by atoms with van der Waals surface area (Å²) in [5.74, 6) is -18.6. The van der Waals surface area contributed by atoms with Crippen molar-refractivity contribution in [1.29, 1.82) is 5.41 Å². The van der Waals surface area contributed by atoms with Gasteiger partial charge in [0.1, 0.15) is 78.9 Å². The number of hydrogen-bond donors (Lipinski definition) is 26. The van der Waals surface area contributed by atoms with Gasteiger partial charge in [-0.1, -0.05) is 139 Å². The molecular formula is C96H150N26O26. The van der Waals surface area contributed by atoms with Crippen LogP contribution in [0.3, 0.4) is 0 Å². The number of aliphatic hydroxyl groups is 3. The van der Waals surface area contributed by atoms with Crippen LogP contribution >= 0.6 is 0 Å². The Morgan fingerprint density at radius 3 is 1.75 bits per heavy atom. The van der Waals surface area contributed by atoms with Gasteiger partial charge < -0.3 is 142 Å². The number of primary amides is 2. The number of nitrogens with one attached hydrogen (secondary N) is 18. The molecule has 2 fully saturated rings. The van der Waals surface area contributed by atoms with E-state index in [0.29, 0.717) is 34.9 Å². The summed E-state index contributed by atoms with van der Waals surface area (Å²) in [4.78, 5) is 266. The van der Waals surface area contributed by atoms with Crippen LogP contribution in [0.1, 0.15) is 216 Å². The topological polar surface area (TPSA) is 803 Å². The number of rotatable bonds is 65. The highest BCUT2D eigenvalue weighted by Crippen LogP contribution is 2.25. The van der Waals surface area contributed by atoms with Crippen LogP contribution in [0.2, 0.25) is 0 Å². The van der Waals surface area contributed by atoms with Gasteiger partial charge in [0.25, 0.3) is 0 Å². The zero-order valence-corrected chi connectivity index (χ0v) is 83.9. The van der Waals surface area contributed by atoms with E-state index in [1.807, 2.05) is 0 Å². The number of carbonyl (C=O) groups is 19. The zero-order valence-electron chi connectivity index (χ0n) is 83.9. The third kappa shape index (κ3) is 48.6. The highest BCUT2D eigenvalue weighted by Gasteiger charge is 2.45. The summed E-state index contributed by atoms with van der Waals surface area (Å²) in [6, 6.07) is -3.04. The molecule has 0 spiro atoms. The molecule has 29 N–H and O–H groups in total. The maximum Gasteiger partial charge on any atom is 0.317 e. The molecule has 17 amide bonds. The normalized spacial score (nSPS) is 18.1. The number of aliphatic hydroxyl groups excluding tert-OH is 3. The molecule has 0 aliphatic carbocycles. The summed E-state index contributed by atoms with van der Waals surface area (Å²) in [7, 11) is 0. The lowest BCUT2D eigenvalue weighted by molar-refractivity contribution is -0.143. The summed E-state index contributed by atoms with van der Waals surface area (Å²) in [5, 5.41) is 112. The van der Waals surface area contributed by atoms with Crippen molar-refractivity contribution in [2.75, 3.05) is 98.5 Å². The van der Waals surface area contributed by atoms with Gasteiger partial charge in [-0.15, -0.1) is 5.10 Å². The number of carboxylic acid groups (broad SMARTS) is 2. The number of fused-ring (bicyclic) bond motifs is 2. The Morgan fingerprint density at radius 1 is 0.547 bits per heavy atom. The van der Waals surface area contributed by atoms with Crippen molar-refractivity contribution in [3.63, 3.8) is 0 Å². The Morgan fingerprint density at radius 2 is 1.11 bits per heavy atom. The van der Waals surface area contributed by atoms with E-state index in [9.17, 15) is 92.7 Å². The minimum Gasteiger partial charge on any atom is -0.480 e. The van der Waals surface area contributed by atoms with E-state index >= 15 is 24.0 Å². The molecule has 52 heteroatoms. The number of ether oxygens (including phenoxy) is 2. The molecule has 52 nitrogen and oxygen atoms in total. The van der Waals surface area contributed by atoms with E-state index in [4.69, 9.17) is 32.1 Å². The van der Waals surface area contributed by atoms with Crippen LogP contribution in [0.25, 0.3) is 10.9 Å². The Labute approximate surface area is 856 Å². The van der Waals surface area contributed by atoms with E-state index in [1.165, 1.54) is 51.4 Å². The van der Waals surface area contributed by atoms with Gasteiger partial charge in [0.05, 0.1) is 65.3 Å². The number of carbonyl (C=O) groups excluding carboxylic acids is 17. The number of aromatic nitrogens is 5. The summed E-state index contributed by atoms with van der Waals surface area (Å²) < 4.78 is 10.8. The number of unbranched alkanes of at least 4 members (excludes halogenated alkanes) is 14. The maximum absolute atomic E-state index is 15.5. The first kappa shape index (κ1) is 123. The summed E-state index contributed by atoms with van der Waals surface area (Å²) in [6.45, 7) is -4.64. The number of carboxylic acids is 2. The average molecular weight is 2080 g/mol. The molecule has 0 unspecified atom stereocenters. The number of guanidine groups is 1. The minimum absolute atomic E-state index is 0.0208. The third-order valence-electron chi connectivity index (χ3n) is 24.5. The number of benzene rings is 2. The number of H-pyrrole nitrogens is 2. The van der Waals surface area contributed by atoms with Gasteiger partial charge in [-0.25, -0.2) is 5.10 Å². The largest absolute Gasteiger partial charge is 0.480 e.